The average Bonchev–Trinajstić information content (AvgIpc) is 2.67. The Kier molecular flexibility index (Phi) is 5.34. The van der Waals surface area contributed by atoms with E-state index in [0.29, 0.717) is 0 Å². The minimum atomic E-state index is -0.938. The van der Waals surface area contributed by atoms with E-state index in [1.807, 2.05) is 18.2 Å². The Morgan fingerprint density at radius 2 is 2.03 bits per heavy atom. The van der Waals surface area contributed by atoms with Gasteiger partial charge in [-0.05, 0) is 62.6 Å². The second-order valence-electron chi connectivity index (χ2n) is 8.65. The van der Waals surface area contributed by atoms with Crippen molar-refractivity contribution < 1.29 is 19.4 Å². The molecule has 4 nitrogen and oxygen atoms in total. The van der Waals surface area contributed by atoms with Gasteiger partial charge in [-0.1, -0.05) is 37.1 Å². The van der Waals surface area contributed by atoms with E-state index in [1.54, 1.807) is 18.2 Å². The van der Waals surface area contributed by atoms with Gasteiger partial charge in [-0.25, -0.2) is 4.79 Å². The summed E-state index contributed by atoms with van der Waals surface area (Å²) in [7, 11) is 0. The number of halogens is 1. The quantitative estimate of drug-likeness (QED) is 0.643. The number of ether oxygens (including phenoxy) is 2. The van der Waals surface area contributed by atoms with Crippen molar-refractivity contribution in [2.75, 3.05) is 0 Å². The fraction of sp³-hybridized carbons (Fsp3) is 0.458. The first-order valence-corrected chi connectivity index (χ1v) is 10.6. The molecule has 1 N–H and O–H groups in total. The molecule has 2 aromatic rings. The second kappa shape index (κ2) is 7.66. The van der Waals surface area contributed by atoms with E-state index in [1.165, 1.54) is 5.56 Å². The third kappa shape index (κ3) is 3.76. The maximum atomic E-state index is 11.5. The van der Waals surface area contributed by atoms with Crippen LogP contribution in [-0.2, 0) is 4.74 Å². The van der Waals surface area contributed by atoms with Crippen LogP contribution in [-0.4, -0.2) is 22.8 Å². The minimum Gasteiger partial charge on any atom is -0.487 e. The van der Waals surface area contributed by atoms with Crippen molar-refractivity contribution in [3.05, 3.63) is 64.2 Å². The lowest BCUT2D eigenvalue weighted by Gasteiger charge is -2.51. The van der Waals surface area contributed by atoms with Crippen LogP contribution in [0.4, 0.5) is 0 Å². The van der Waals surface area contributed by atoms with Gasteiger partial charge >= 0.3 is 5.97 Å². The molecule has 0 saturated carbocycles. The number of hydrogen-bond donors (Lipinski definition) is 1. The Morgan fingerprint density at radius 1 is 1.24 bits per heavy atom. The van der Waals surface area contributed by atoms with Gasteiger partial charge in [-0.3, -0.25) is 0 Å². The maximum Gasteiger partial charge on any atom is 0.335 e. The van der Waals surface area contributed by atoms with Crippen molar-refractivity contribution >= 4 is 17.6 Å². The van der Waals surface area contributed by atoms with Gasteiger partial charge in [-0.2, -0.15) is 0 Å². The molecule has 0 bridgehead atoms. The lowest BCUT2D eigenvalue weighted by molar-refractivity contribution is -0.160. The summed E-state index contributed by atoms with van der Waals surface area (Å²) in [5, 5.41) is 10.2. The van der Waals surface area contributed by atoms with Crippen molar-refractivity contribution in [1.82, 2.24) is 0 Å². The zero-order valence-electron chi connectivity index (χ0n) is 17.0. The molecule has 0 amide bonds. The van der Waals surface area contributed by atoms with Gasteiger partial charge in [0.2, 0.25) is 0 Å². The van der Waals surface area contributed by atoms with E-state index < -0.39 is 11.6 Å². The molecule has 4 rings (SSSR count). The highest BCUT2D eigenvalue weighted by Gasteiger charge is 2.50. The molecule has 2 aliphatic rings. The highest BCUT2D eigenvalue weighted by molar-refractivity contribution is 6.30. The van der Waals surface area contributed by atoms with Crippen molar-refractivity contribution in [3.63, 3.8) is 0 Å². The Balaban J connectivity index is 1.76. The summed E-state index contributed by atoms with van der Waals surface area (Å²) in [6.45, 7) is 6.35. The van der Waals surface area contributed by atoms with Crippen molar-refractivity contribution in [1.29, 1.82) is 0 Å². The molecule has 2 aliphatic heterocycles. The molecule has 0 aliphatic carbocycles. The lowest BCUT2D eigenvalue weighted by atomic mass is 9.69. The number of carboxylic acids is 1. The fourth-order valence-corrected chi connectivity index (χ4v) is 5.06. The highest BCUT2D eigenvalue weighted by atomic mass is 35.5. The maximum absolute atomic E-state index is 11.5. The smallest absolute Gasteiger partial charge is 0.335 e. The monoisotopic (exact) mass is 414 g/mol. The molecular formula is C24H27ClO4. The average molecular weight is 415 g/mol. The normalized spacial score (nSPS) is 27.4. The van der Waals surface area contributed by atoms with Crippen LogP contribution in [0.3, 0.4) is 0 Å². The molecule has 0 radical (unpaired) electrons. The molecule has 154 valence electrons. The number of carbonyl (C=O) groups is 1. The van der Waals surface area contributed by atoms with Gasteiger partial charge in [-0.15, -0.1) is 0 Å². The number of benzene rings is 2. The summed E-state index contributed by atoms with van der Waals surface area (Å²) in [6.07, 6.45) is 2.73. The van der Waals surface area contributed by atoms with Gasteiger partial charge in [0.1, 0.15) is 11.4 Å². The van der Waals surface area contributed by atoms with E-state index in [-0.39, 0.29) is 29.6 Å². The summed E-state index contributed by atoms with van der Waals surface area (Å²) in [6, 6.07) is 13.1. The number of carboxylic acid groups (broad SMARTS) is 1. The van der Waals surface area contributed by atoms with Gasteiger partial charge in [0.15, 0.2) is 0 Å². The van der Waals surface area contributed by atoms with Crippen LogP contribution in [0.25, 0.3) is 0 Å². The SMILES string of the molecule is CCC[C@@H]1O[C@@H]2c3cc(C(=O)O)ccc3OC(C)(C)[C@H]2C[C@@H]1c1cccc(Cl)c1. The molecule has 0 aromatic heterocycles. The van der Waals surface area contributed by atoms with E-state index in [0.717, 1.165) is 35.6 Å². The summed E-state index contributed by atoms with van der Waals surface area (Å²) in [5.74, 6) is 0.114. The zero-order valence-corrected chi connectivity index (χ0v) is 17.8. The van der Waals surface area contributed by atoms with Crippen LogP contribution in [0.1, 0.15) is 73.5 Å². The molecule has 2 aromatic carbocycles. The number of rotatable bonds is 4. The Morgan fingerprint density at radius 3 is 2.72 bits per heavy atom. The van der Waals surface area contributed by atoms with E-state index >= 15 is 0 Å². The third-order valence-electron chi connectivity index (χ3n) is 6.32. The molecule has 1 saturated heterocycles. The van der Waals surface area contributed by atoms with Crippen LogP contribution in [0.15, 0.2) is 42.5 Å². The standard InChI is InChI=1S/C24H27ClO4/c1-4-6-20-17(14-7-5-8-16(25)11-14)13-19-22(28-20)18-12-15(23(26)27)9-10-21(18)29-24(19,2)3/h5,7-12,17,19-20,22H,4,6,13H2,1-3H3,(H,26,27)/t17-,19+,20+,22-/m1/s1. The largest absolute Gasteiger partial charge is 0.487 e. The molecule has 2 heterocycles. The second-order valence-corrected chi connectivity index (χ2v) is 9.09. The zero-order chi connectivity index (χ0) is 20.8. The van der Waals surface area contributed by atoms with Crippen molar-refractivity contribution in [2.45, 2.75) is 63.8 Å². The van der Waals surface area contributed by atoms with Gasteiger partial charge in [0.25, 0.3) is 0 Å². The summed E-state index contributed by atoms with van der Waals surface area (Å²) in [5.41, 5.74) is 1.88. The van der Waals surface area contributed by atoms with Crippen LogP contribution in [0.2, 0.25) is 5.02 Å². The van der Waals surface area contributed by atoms with Crippen LogP contribution < -0.4 is 4.74 Å². The number of fused-ring (bicyclic) bond motifs is 3. The Hall–Kier alpha value is -2.04. The number of aromatic carboxylic acids is 1. The highest BCUT2D eigenvalue weighted by Crippen LogP contribution is 2.54. The molecule has 0 unspecified atom stereocenters. The van der Waals surface area contributed by atoms with Gasteiger partial charge in [0, 0.05) is 22.4 Å². The Bertz CT molecular complexity index is 923. The predicted octanol–water partition coefficient (Wildman–Crippen LogP) is 6.24. The Labute approximate surface area is 176 Å². The van der Waals surface area contributed by atoms with Gasteiger partial charge < -0.3 is 14.6 Å². The first-order valence-electron chi connectivity index (χ1n) is 10.3. The molecular weight excluding hydrogens is 388 g/mol. The number of hydrogen-bond acceptors (Lipinski definition) is 3. The molecule has 29 heavy (non-hydrogen) atoms. The van der Waals surface area contributed by atoms with E-state index in [2.05, 4.69) is 26.8 Å². The molecule has 5 heteroatoms. The van der Waals surface area contributed by atoms with Crippen LogP contribution in [0, 0.1) is 5.92 Å². The first kappa shape index (κ1) is 20.2. The third-order valence-corrected chi connectivity index (χ3v) is 6.56. The predicted molar refractivity (Wildman–Crippen MR) is 113 cm³/mol. The topological polar surface area (TPSA) is 55.8 Å². The van der Waals surface area contributed by atoms with Crippen LogP contribution >= 0.6 is 11.6 Å². The van der Waals surface area contributed by atoms with E-state index in [4.69, 9.17) is 21.1 Å². The van der Waals surface area contributed by atoms with Crippen molar-refractivity contribution in [2.24, 2.45) is 5.92 Å². The first-order chi connectivity index (χ1) is 13.8. The van der Waals surface area contributed by atoms with E-state index in [9.17, 15) is 9.90 Å². The molecule has 1 fully saturated rings. The van der Waals surface area contributed by atoms with Crippen molar-refractivity contribution in [3.8, 4) is 5.75 Å². The van der Waals surface area contributed by atoms with Gasteiger partial charge in [0.05, 0.1) is 17.8 Å². The van der Waals surface area contributed by atoms with Crippen LogP contribution in [0.5, 0.6) is 5.75 Å². The molecule has 4 atom stereocenters. The molecule has 0 spiro atoms. The fourth-order valence-electron chi connectivity index (χ4n) is 4.86. The summed E-state index contributed by atoms with van der Waals surface area (Å²) >= 11 is 6.28. The minimum absolute atomic E-state index is 0.0509. The summed E-state index contributed by atoms with van der Waals surface area (Å²) in [4.78, 5) is 11.5. The summed E-state index contributed by atoms with van der Waals surface area (Å²) < 4.78 is 13.0. The lowest BCUT2D eigenvalue weighted by Crippen LogP contribution is -2.50.